The first-order valence-electron chi connectivity index (χ1n) is 10.6. The molecule has 0 bridgehead atoms. The number of methoxy groups -OCH3 is 1. The zero-order valence-electron chi connectivity index (χ0n) is 18.4. The maximum atomic E-state index is 6.28. The van der Waals surface area contributed by atoms with Crippen LogP contribution < -0.4 is 9.64 Å². The summed E-state index contributed by atoms with van der Waals surface area (Å²) < 4.78 is 19.0. The quantitative estimate of drug-likeness (QED) is 0.579. The first kappa shape index (κ1) is 20.7. The van der Waals surface area contributed by atoms with Crippen molar-refractivity contribution in [2.75, 3.05) is 38.3 Å². The highest BCUT2D eigenvalue weighted by molar-refractivity contribution is 5.93. The summed E-state index contributed by atoms with van der Waals surface area (Å²) in [5.41, 5.74) is 2.40. The molecule has 3 aromatic rings. The zero-order valence-corrected chi connectivity index (χ0v) is 18.4. The fraction of sp³-hybridized carbons (Fsp3) is 0.545. The summed E-state index contributed by atoms with van der Waals surface area (Å²) in [6.45, 7) is 9.27. The molecule has 0 amide bonds. The SMILES string of the molecule is CCN(C[C@@H](C)OC)c1cc(-c2n[nH]c3ccc(OC4(CC)COC4)cc23)nn1C. The molecule has 1 aliphatic heterocycles. The Kier molecular flexibility index (Phi) is 5.71. The van der Waals surface area contributed by atoms with Gasteiger partial charge in [-0.1, -0.05) is 6.92 Å². The number of H-pyrrole nitrogens is 1. The van der Waals surface area contributed by atoms with Gasteiger partial charge in [-0.3, -0.25) is 9.78 Å². The molecule has 0 aliphatic carbocycles. The highest BCUT2D eigenvalue weighted by Crippen LogP contribution is 2.34. The molecule has 3 heterocycles. The van der Waals surface area contributed by atoms with Gasteiger partial charge in [0.1, 0.15) is 23.0 Å². The number of aromatic nitrogens is 4. The number of ether oxygens (including phenoxy) is 3. The Morgan fingerprint density at radius 1 is 1.30 bits per heavy atom. The summed E-state index contributed by atoms with van der Waals surface area (Å²) in [4.78, 5) is 2.26. The van der Waals surface area contributed by atoms with Crippen molar-refractivity contribution in [3.8, 4) is 17.1 Å². The van der Waals surface area contributed by atoms with Gasteiger partial charge >= 0.3 is 0 Å². The van der Waals surface area contributed by atoms with Gasteiger partial charge in [-0.2, -0.15) is 10.2 Å². The molecule has 30 heavy (non-hydrogen) atoms. The average Bonchev–Trinajstić information content (AvgIpc) is 3.31. The van der Waals surface area contributed by atoms with Gasteiger partial charge in [-0.05, 0) is 38.5 Å². The van der Waals surface area contributed by atoms with Gasteiger partial charge in [0, 0.05) is 38.7 Å². The first-order chi connectivity index (χ1) is 14.5. The molecule has 1 aromatic carbocycles. The van der Waals surface area contributed by atoms with E-state index in [0.717, 1.165) is 53.4 Å². The van der Waals surface area contributed by atoms with Crippen LogP contribution in [0, 0.1) is 0 Å². The Balaban J connectivity index is 1.65. The lowest BCUT2D eigenvalue weighted by Crippen LogP contribution is -2.53. The molecule has 1 fully saturated rings. The smallest absolute Gasteiger partial charge is 0.155 e. The fourth-order valence-corrected chi connectivity index (χ4v) is 3.81. The number of rotatable bonds is 9. The molecule has 4 rings (SSSR count). The van der Waals surface area contributed by atoms with Crippen LogP contribution >= 0.6 is 0 Å². The Bertz CT molecular complexity index is 1000. The number of hydrogen-bond acceptors (Lipinski definition) is 6. The van der Waals surface area contributed by atoms with Crippen molar-refractivity contribution >= 4 is 16.7 Å². The number of hydrogen-bond donors (Lipinski definition) is 1. The number of nitrogens with zero attached hydrogens (tertiary/aromatic N) is 4. The van der Waals surface area contributed by atoms with Crippen molar-refractivity contribution in [2.45, 2.75) is 38.9 Å². The lowest BCUT2D eigenvalue weighted by molar-refractivity contribution is -0.162. The van der Waals surface area contributed by atoms with Crippen LogP contribution in [0.15, 0.2) is 24.3 Å². The van der Waals surface area contributed by atoms with Gasteiger partial charge in [0.25, 0.3) is 0 Å². The van der Waals surface area contributed by atoms with Gasteiger partial charge in [0.15, 0.2) is 5.60 Å². The van der Waals surface area contributed by atoms with Gasteiger partial charge in [0.05, 0.1) is 24.8 Å². The molecule has 1 N–H and O–H groups in total. The maximum absolute atomic E-state index is 6.28. The third-order valence-electron chi connectivity index (χ3n) is 5.93. The van der Waals surface area contributed by atoms with Gasteiger partial charge < -0.3 is 19.1 Å². The number of aryl methyl sites for hydroxylation is 1. The van der Waals surface area contributed by atoms with E-state index in [1.807, 2.05) is 29.9 Å². The van der Waals surface area contributed by atoms with Crippen LogP contribution in [-0.4, -0.2) is 65.1 Å². The van der Waals surface area contributed by atoms with Crippen molar-refractivity contribution < 1.29 is 14.2 Å². The fourth-order valence-electron chi connectivity index (χ4n) is 3.81. The van der Waals surface area contributed by atoms with Crippen LogP contribution in [0.4, 0.5) is 5.82 Å². The molecule has 8 nitrogen and oxygen atoms in total. The Morgan fingerprint density at radius 2 is 2.10 bits per heavy atom. The number of benzene rings is 1. The van der Waals surface area contributed by atoms with Gasteiger partial charge in [0.2, 0.25) is 0 Å². The Hall–Kier alpha value is -2.58. The van der Waals surface area contributed by atoms with E-state index >= 15 is 0 Å². The van der Waals surface area contributed by atoms with E-state index in [2.05, 4.69) is 41.9 Å². The largest absolute Gasteiger partial charge is 0.482 e. The minimum absolute atomic E-state index is 0.135. The van der Waals surface area contributed by atoms with E-state index < -0.39 is 0 Å². The average molecular weight is 414 g/mol. The van der Waals surface area contributed by atoms with Crippen LogP contribution in [0.5, 0.6) is 5.75 Å². The number of likely N-dealkylation sites (N-methyl/N-ethyl adjacent to an activating group) is 1. The second kappa shape index (κ2) is 8.28. The van der Waals surface area contributed by atoms with E-state index in [0.29, 0.717) is 13.2 Å². The second-order valence-electron chi connectivity index (χ2n) is 8.01. The molecular weight excluding hydrogens is 382 g/mol. The molecule has 1 saturated heterocycles. The number of aromatic amines is 1. The minimum Gasteiger partial charge on any atom is -0.482 e. The summed E-state index contributed by atoms with van der Waals surface area (Å²) in [6.07, 6.45) is 1.05. The summed E-state index contributed by atoms with van der Waals surface area (Å²) in [5, 5.41) is 13.4. The lowest BCUT2D eigenvalue weighted by atomic mass is 9.98. The molecule has 0 spiro atoms. The van der Waals surface area contributed by atoms with Crippen LogP contribution in [0.1, 0.15) is 27.2 Å². The molecule has 1 aliphatic rings. The van der Waals surface area contributed by atoms with Crippen molar-refractivity contribution in [3.63, 3.8) is 0 Å². The number of anilines is 1. The summed E-state index contributed by atoms with van der Waals surface area (Å²) in [6, 6.07) is 8.12. The van der Waals surface area contributed by atoms with Crippen LogP contribution in [-0.2, 0) is 16.5 Å². The maximum Gasteiger partial charge on any atom is 0.155 e. The molecular formula is C22H31N5O3. The van der Waals surface area contributed by atoms with Crippen molar-refractivity contribution in [1.82, 2.24) is 20.0 Å². The van der Waals surface area contributed by atoms with E-state index in [-0.39, 0.29) is 11.7 Å². The van der Waals surface area contributed by atoms with Gasteiger partial charge in [-0.25, -0.2) is 0 Å². The van der Waals surface area contributed by atoms with Gasteiger partial charge in [-0.15, -0.1) is 0 Å². The number of nitrogens with one attached hydrogen (secondary N) is 1. The molecule has 0 radical (unpaired) electrons. The highest BCUT2D eigenvalue weighted by atomic mass is 16.6. The molecule has 1 atom stereocenters. The van der Waals surface area contributed by atoms with E-state index in [1.165, 1.54) is 0 Å². The molecule has 2 aromatic heterocycles. The monoisotopic (exact) mass is 413 g/mol. The molecule has 0 unspecified atom stereocenters. The zero-order chi connectivity index (χ0) is 21.3. The standard InChI is InChI=1S/C22H31N5O3/c1-6-22(13-29-14-22)30-16-8-9-18-17(10-16)21(24-23-18)19-11-20(26(4)25-19)27(7-2)12-15(3)28-5/h8-11,15H,6-7,12-14H2,1-5H3,(H,23,24)/t15-/m1/s1. The third-order valence-corrected chi connectivity index (χ3v) is 5.93. The first-order valence-corrected chi connectivity index (χ1v) is 10.6. The van der Waals surface area contributed by atoms with Crippen molar-refractivity contribution in [2.24, 2.45) is 7.05 Å². The Morgan fingerprint density at radius 3 is 2.73 bits per heavy atom. The molecule has 0 saturated carbocycles. The predicted molar refractivity (Wildman–Crippen MR) is 117 cm³/mol. The molecule has 162 valence electrons. The lowest BCUT2D eigenvalue weighted by Gasteiger charge is -2.40. The van der Waals surface area contributed by atoms with Crippen molar-refractivity contribution in [1.29, 1.82) is 0 Å². The van der Waals surface area contributed by atoms with E-state index in [4.69, 9.17) is 19.3 Å². The second-order valence-corrected chi connectivity index (χ2v) is 8.01. The van der Waals surface area contributed by atoms with Crippen LogP contribution in [0.2, 0.25) is 0 Å². The van der Waals surface area contributed by atoms with Crippen LogP contribution in [0.25, 0.3) is 22.3 Å². The summed E-state index contributed by atoms with van der Waals surface area (Å²) in [7, 11) is 3.70. The molecule has 8 heteroatoms. The van der Waals surface area contributed by atoms with Crippen LogP contribution in [0.3, 0.4) is 0 Å². The summed E-state index contributed by atoms with van der Waals surface area (Å²) >= 11 is 0. The summed E-state index contributed by atoms with van der Waals surface area (Å²) in [5.74, 6) is 1.87. The predicted octanol–water partition coefficient (Wildman–Crippen LogP) is 3.38. The van der Waals surface area contributed by atoms with E-state index in [9.17, 15) is 0 Å². The van der Waals surface area contributed by atoms with Crippen molar-refractivity contribution in [3.05, 3.63) is 24.3 Å². The normalized spacial score (nSPS) is 16.4. The Labute approximate surface area is 177 Å². The van der Waals surface area contributed by atoms with E-state index in [1.54, 1.807) is 7.11 Å². The minimum atomic E-state index is -0.213. The third kappa shape index (κ3) is 3.77. The highest BCUT2D eigenvalue weighted by Gasteiger charge is 2.39. The topological polar surface area (TPSA) is 77.4 Å². The number of fused-ring (bicyclic) bond motifs is 1.